The molecule has 1 aliphatic heterocycles. The average Bonchev–Trinajstić information content (AvgIpc) is 2.23. The molecule has 0 spiro atoms. The third-order valence-corrected chi connectivity index (χ3v) is 2.24. The van der Waals surface area contributed by atoms with E-state index in [4.69, 9.17) is 22.6 Å². The number of nitrogen functional groups attached to an aromatic ring is 3. The minimum atomic E-state index is 0.00704. The van der Waals surface area contributed by atoms with E-state index in [0.29, 0.717) is 5.56 Å². The lowest BCUT2D eigenvalue weighted by molar-refractivity contribution is 0.186. The lowest BCUT2D eigenvalue weighted by Gasteiger charge is -2.15. The summed E-state index contributed by atoms with van der Waals surface area (Å²) in [5, 5.41) is 17.2. The van der Waals surface area contributed by atoms with Crippen molar-refractivity contribution in [3.63, 3.8) is 0 Å². The number of nitrogens with one attached hydrogen (secondary N) is 1. The Morgan fingerprint density at radius 1 is 1.20 bits per heavy atom. The number of hydrogen-bond acceptors (Lipinski definition) is 6. The number of nitrogens with two attached hydrogens (primary N) is 3. The van der Waals surface area contributed by atoms with E-state index in [2.05, 4.69) is 4.98 Å². The van der Waals surface area contributed by atoms with Gasteiger partial charge >= 0.3 is 0 Å². The normalized spacial score (nSPS) is 10.7. The number of anilines is 3. The molecule has 0 saturated carbocycles. The number of nitrogens with zero attached hydrogens (tertiary/aromatic N) is 2. The van der Waals surface area contributed by atoms with Crippen LogP contribution in [0, 0.1) is 5.41 Å². The predicted molar refractivity (Wildman–Crippen MR) is 55.1 cm³/mol. The van der Waals surface area contributed by atoms with Gasteiger partial charge in [-0.1, -0.05) is 0 Å². The van der Waals surface area contributed by atoms with E-state index in [0.717, 1.165) is 11.1 Å². The molecule has 0 saturated heterocycles. The van der Waals surface area contributed by atoms with E-state index >= 15 is 0 Å². The van der Waals surface area contributed by atoms with Gasteiger partial charge in [-0.25, -0.2) is 4.98 Å². The zero-order chi connectivity index (χ0) is 11.2. The monoisotopic (exact) mass is 206 g/mol. The highest BCUT2D eigenvalue weighted by Gasteiger charge is 2.18. The minimum absolute atomic E-state index is 0.00704. The fourth-order valence-electron chi connectivity index (χ4n) is 1.42. The second-order valence-electron chi connectivity index (χ2n) is 3.12. The quantitative estimate of drug-likeness (QED) is 0.290. The molecule has 78 valence electrons. The number of benzene rings is 1. The van der Waals surface area contributed by atoms with Crippen molar-refractivity contribution in [2.24, 2.45) is 0 Å². The molecule has 0 fully saturated rings. The van der Waals surface area contributed by atoms with Gasteiger partial charge in [-0.3, -0.25) is 5.41 Å². The van der Waals surface area contributed by atoms with Crippen LogP contribution in [0.5, 0.6) is 0 Å². The second-order valence-corrected chi connectivity index (χ2v) is 3.12. The highest BCUT2D eigenvalue weighted by atomic mass is 16.5. The van der Waals surface area contributed by atoms with E-state index in [1.165, 1.54) is 6.20 Å². The summed E-state index contributed by atoms with van der Waals surface area (Å²) in [6.45, 7) is 0. The van der Waals surface area contributed by atoms with Gasteiger partial charge in [-0.2, -0.15) is 4.73 Å². The molecular formula is C8H10N6O. The van der Waals surface area contributed by atoms with Crippen LogP contribution in [0.25, 0.3) is 11.3 Å². The Kier molecular flexibility index (Phi) is 1.69. The summed E-state index contributed by atoms with van der Waals surface area (Å²) >= 11 is 0. The van der Waals surface area contributed by atoms with Crippen molar-refractivity contribution >= 4 is 17.1 Å². The SMILES string of the molecule is N=c1c2cncn(O)c-2c(N)c(N)c1N. The van der Waals surface area contributed by atoms with Crippen LogP contribution in [-0.2, 0) is 0 Å². The maximum absolute atomic E-state index is 9.49. The van der Waals surface area contributed by atoms with Crippen LogP contribution in [0.4, 0.5) is 17.1 Å². The second kappa shape index (κ2) is 2.77. The molecule has 0 bridgehead atoms. The molecule has 1 aliphatic carbocycles. The third kappa shape index (κ3) is 1.06. The van der Waals surface area contributed by atoms with Crippen molar-refractivity contribution in [2.45, 2.75) is 0 Å². The summed E-state index contributed by atoms with van der Waals surface area (Å²) in [5.41, 5.74) is 17.8. The van der Waals surface area contributed by atoms with Crippen LogP contribution in [0.2, 0.25) is 0 Å². The van der Waals surface area contributed by atoms with Gasteiger partial charge in [0.2, 0.25) is 0 Å². The molecule has 1 heterocycles. The smallest absolute Gasteiger partial charge is 0.132 e. The Morgan fingerprint density at radius 2 is 1.87 bits per heavy atom. The highest BCUT2D eigenvalue weighted by Crippen LogP contribution is 2.31. The zero-order valence-electron chi connectivity index (χ0n) is 7.73. The van der Waals surface area contributed by atoms with Gasteiger partial charge in [-0.15, -0.1) is 0 Å². The number of fused-ring (bicyclic) bond motifs is 1. The molecule has 0 radical (unpaired) electrons. The first-order valence-electron chi connectivity index (χ1n) is 4.10. The summed E-state index contributed by atoms with van der Waals surface area (Å²) in [6, 6.07) is 0. The Balaban J connectivity index is 3.06. The summed E-state index contributed by atoms with van der Waals surface area (Å²) in [7, 11) is 0. The molecule has 7 nitrogen and oxygen atoms in total. The van der Waals surface area contributed by atoms with E-state index in [1.54, 1.807) is 0 Å². The molecule has 2 aliphatic rings. The van der Waals surface area contributed by atoms with Crippen LogP contribution in [0.1, 0.15) is 0 Å². The molecule has 0 aromatic rings. The van der Waals surface area contributed by atoms with Gasteiger partial charge in [0.15, 0.2) is 0 Å². The van der Waals surface area contributed by atoms with E-state index in [9.17, 15) is 5.21 Å². The van der Waals surface area contributed by atoms with Crippen molar-refractivity contribution in [1.82, 2.24) is 9.71 Å². The van der Waals surface area contributed by atoms with Gasteiger partial charge in [0.05, 0.1) is 22.4 Å². The maximum Gasteiger partial charge on any atom is 0.132 e. The molecule has 0 amide bonds. The molecule has 0 atom stereocenters. The standard InChI is InChI=1S/C8H10N6O/c9-4-3-1-13-2-14(15)8(3)7(12)6(11)5(4)10/h1-2,9,15H,10-12H2. The van der Waals surface area contributed by atoms with Crippen molar-refractivity contribution in [1.29, 1.82) is 5.41 Å². The van der Waals surface area contributed by atoms with Gasteiger partial charge < -0.3 is 22.4 Å². The first kappa shape index (κ1) is 9.13. The predicted octanol–water partition coefficient (Wildman–Crippen LogP) is -0.549. The number of aromatic nitrogens is 2. The van der Waals surface area contributed by atoms with Gasteiger partial charge in [-0.05, 0) is 0 Å². The fraction of sp³-hybridized carbons (Fsp3) is 0. The fourth-order valence-corrected chi connectivity index (χ4v) is 1.42. The Hall–Kier alpha value is -2.44. The third-order valence-electron chi connectivity index (χ3n) is 2.24. The van der Waals surface area contributed by atoms with Crippen molar-refractivity contribution in [3.8, 4) is 11.3 Å². The van der Waals surface area contributed by atoms with Crippen LogP contribution in [0.15, 0.2) is 12.5 Å². The van der Waals surface area contributed by atoms with E-state index < -0.39 is 0 Å². The summed E-state index contributed by atoms with van der Waals surface area (Å²) in [4.78, 5) is 3.73. The molecule has 0 aromatic carbocycles. The molecule has 8 N–H and O–H groups in total. The first-order chi connectivity index (χ1) is 7.04. The number of rotatable bonds is 0. The molecule has 0 unspecified atom stereocenters. The van der Waals surface area contributed by atoms with Crippen molar-refractivity contribution in [2.75, 3.05) is 17.2 Å². The summed E-state index contributed by atoms with van der Waals surface area (Å²) < 4.78 is 0.721. The van der Waals surface area contributed by atoms with Gasteiger partial charge in [0, 0.05) is 11.8 Å². The van der Waals surface area contributed by atoms with Gasteiger partial charge in [0.25, 0.3) is 0 Å². The highest BCUT2D eigenvalue weighted by molar-refractivity contribution is 5.90. The molecule has 2 rings (SSSR count). The first-order valence-corrected chi connectivity index (χ1v) is 4.10. The topological polar surface area (TPSA) is 140 Å². The van der Waals surface area contributed by atoms with Crippen molar-refractivity contribution in [3.05, 3.63) is 17.9 Å². The molecule has 15 heavy (non-hydrogen) atoms. The summed E-state index contributed by atoms with van der Waals surface area (Å²) in [6.07, 6.45) is 2.56. The summed E-state index contributed by atoms with van der Waals surface area (Å²) in [5.74, 6) is 0. The Morgan fingerprint density at radius 3 is 2.53 bits per heavy atom. The van der Waals surface area contributed by atoms with Gasteiger partial charge in [0.1, 0.15) is 12.0 Å². The molecular weight excluding hydrogens is 196 g/mol. The minimum Gasteiger partial charge on any atom is -0.427 e. The molecule has 7 heteroatoms. The molecule has 0 aromatic heterocycles. The van der Waals surface area contributed by atoms with Crippen LogP contribution >= 0.6 is 0 Å². The van der Waals surface area contributed by atoms with Crippen molar-refractivity contribution < 1.29 is 5.21 Å². The van der Waals surface area contributed by atoms with Crippen LogP contribution in [0.3, 0.4) is 0 Å². The maximum atomic E-state index is 9.49. The Bertz CT molecular complexity index is 560. The largest absolute Gasteiger partial charge is 0.427 e. The number of hydrogen-bond donors (Lipinski definition) is 5. The lowest BCUT2D eigenvalue weighted by Crippen LogP contribution is -2.20. The van der Waals surface area contributed by atoms with Crippen LogP contribution < -0.4 is 22.6 Å². The van der Waals surface area contributed by atoms with E-state index in [1.807, 2.05) is 0 Å². The van der Waals surface area contributed by atoms with E-state index in [-0.39, 0.29) is 28.1 Å². The average molecular weight is 206 g/mol. The lowest BCUT2D eigenvalue weighted by atomic mass is 10.1. The Labute approximate surface area is 84.6 Å². The zero-order valence-corrected chi connectivity index (χ0v) is 7.73. The van der Waals surface area contributed by atoms with Crippen LogP contribution in [-0.4, -0.2) is 14.9 Å².